The molecule has 0 bridgehead atoms. The van der Waals surface area contributed by atoms with Crippen molar-refractivity contribution in [2.24, 2.45) is 0 Å². The quantitative estimate of drug-likeness (QED) is 0.863. The molecule has 7 heteroatoms. The van der Waals surface area contributed by atoms with E-state index in [1.54, 1.807) is 24.3 Å². The molecule has 0 radical (unpaired) electrons. The van der Waals surface area contributed by atoms with E-state index in [1.807, 2.05) is 6.07 Å². The Labute approximate surface area is 125 Å². The first-order valence-corrected chi connectivity index (χ1v) is 6.43. The summed E-state index contributed by atoms with van der Waals surface area (Å²) in [7, 11) is 0. The molecule has 1 heterocycles. The number of hydroxylamine groups is 1. The second kappa shape index (κ2) is 6.90. The van der Waals surface area contributed by atoms with Crippen LogP contribution in [-0.2, 0) is 4.79 Å². The third kappa shape index (κ3) is 4.32. The van der Waals surface area contributed by atoms with E-state index < -0.39 is 17.8 Å². The highest BCUT2D eigenvalue weighted by Crippen LogP contribution is 2.17. The summed E-state index contributed by atoms with van der Waals surface area (Å²) in [6, 6.07) is 9.85. The number of para-hydroxylation sites is 1. The molecule has 2 rings (SSSR count). The lowest BCUT2D eigenvalue weighted by Crippen LogP contribution is -2.38. The normalized spacial score (nSPS) is 11.6. The van der Waals surface area contributed by atoms with Crippen molar-refractivity contribution >= 4 is 17.5 Å². The zero-order chi connectivity index (χ0) is 15.2. The molecule has 21 heavy (non-hydrogen) atoms. The van der Waals surface area contributed by atoms with Crippen molar-refractivity contribution in [2.75, 3.05) is 0 Å². The Morgan fingerprint density at radius 2 is 2.10 bits per heavy atom. The Balaban J connectivity index is 1.89. The summed E-state index contributed by atoms with van der Waals surface area (Å²) >= 11 is 5.55. The summed E-state index contributed by atoms with van der Waals surface area (Å²) in [5.74, 6) is -1.19. The van der Waals surface area contributed by atoms with Gasteiger partial charge < -0.3 is 9.57 Å². The third-order valence-corrected chi connectivity index (χ3v) is 2.65. The van der Waals surface area contributed by atoms with Crippen LogP contribution in [0.3, 0.4) is 0 Å². The number of nitrogens with zero attached hydrogens (tertiary/aromatic N) is 1. The van der Waals surface area contributed by atoms with Crippen LogP contribution in [0.15, 0.2) is 42.6 Å². The predicted octanol–water partition coefficient (Wildman–Crippen LogP) is 2.75. The van der Waals surface area contributed by atoms with Gasteiger partial charge in [-0.3, -0.25) is 4.79 Å². The number of hydrogen-bond acceptors (Lipinski definition) is 4. The summed E-state index contributed by atoms with van der Waals surface area (Å²) in [6.45, 7) is 1.54. The number of aromatic nitrogens is 1. The number of hydrogen-bond donors (Lipinski definition) is 1. The van der Waals surface area contributed by atoms with Gasteiger partial charge in [0.05, 0.1) is 5.02 Å². The maximum Gasteiger partial charge on any atom is 0.293 e. The Bertz CT molecular complexity index is 625. The van der Waals surface area contributed by atoms with E-state index >= 15 is 0 Å². The number of carbonyl (C=O) groups excluding carboxylic acids is 1. The number of rotatable bonds is 5. The van der Waals surface area contributed by atoms with Crippen molar-refractivity contribution in [1.29, 1.82) is 0 Å². The van der Waals surface area contributed by atoms with Crippen molar-refractivity contribution in [3.63, 3.8) is 0 Å². The molecule has 1 aromatic heterocycles. The van der Waals surface area contributed by atoms with Crippen LogP contribution in [0.5, 0.6) is 11.6 Å². The molecule has 1 atom stereocenters. The van der Waals surface area contributed by atoms with Gasteiger partial charge in [-0.15, -0.1) is 0 Å². The second-order valence-electron chi connectivity index (χ2n) is 4.08. The SMILES string of the molecule is CC(Oc1ccccc1)C(=O)NOc1ncc(Cl)cc1F. The van der Waals surface area contributed by atoms with Gasteiger partial charge in [0.15, 0.2) is 11.9 Å². The van der Waals surface area contributed by atoms with E-state index in [4.69, 9.17) is 21.2 Å². The zero-order valence-corrected chi connectivity index (χ0v) is 11.8. The number of ether oxygens (including phenoxy) is 1. The fourth-order valence-corrected chi connectivity index (χ4v) is 1.56. The number of pyridine rings is 1. The lowest BCUT2D eigenvalue weighted by molar-refractivity contribution is -0.134. The van der Waals surface area contributed by atoms with Crippen LogP contribution < -0.4 is 15.1 Å². The first kappa shape index (κ1) is 15.1. The summed E-state index contributed by atoms with van der Waals surface area (Å²) in [4.78, 5) is 20.2. The molecule has 1 aromatic carbocycles. The summed E-state index contributed by atoms with van der Waals surface area (Å²) in [5.41, 5.74) is 2.07. The van der Waals surface area contributed by atoms with Crippen LogP contribution in [0.1, 0.15) is 6.92 Å². The molecule has 1 unspecified atom stereocenters. The van der Waals surface area contributed by atoms with Gasteiger partial charge in [0, 0.05) is 6.20 Å². The fraction of sp³-hybridized carbons (Fsp3) is 0.143. The van der Waals surface area contributed by atoms with Crippen LogP contribution in [0.25, 0.3) is 0 Å². The number of benzene rings is 1. The van der Waals surface area contributed by atoms with E-state index in [0.29, 0.717) is 5.75 Å². The van der Waals surface area contributed by atoms with Crippen LogP contribution in [0.4, 0.5) is 4.39 Å². The lowest BCUT2D eigenvalue weighted by Gasteiger charge is -2.14. The molecular formula is C14H12ClFN2O3. The van der Waals surface area contributed by atoms with E-state index in [-0.39, 0.29) is 10.9 Å². The van der Waals surface area contributed by atoms with Gasteiger partial charge in [0.2, 0.25) is 0 Å². The van der Waals surface area contributed by atoms with Gasteiger partial charge in [-0.1, -0.05) is 29.8 Å². The monoisotopic (exact) mass is 310 g/mol. The van der Waals surface area contributed by atoms with Crippen LogP contribution in [0.2, 0.25) is 5.02 Å². The third-order valence-electron chi connectivity index (χ3n) is 2.45. The standard InChI is InChI=1S/C14H12ClFN2O3/c1-9(20-11-5-3-2-4-6-11)13(19)18-21-14-12(16)7-10(15)8-17-14/h2-9H,1H3,(H,18,19). The Hall–Kier alpha value is -2.34. The maximum atomic E-state index is 13.4. The molecule has 1 amide bonds. The van der Waals surface area contributed by atoms with Crippen molar-refractivity contribution in [3.8, 4) is 11.6 Å². The van der Waals surface area contributed by atoms with Crippen LogP contribution in [-0.4, -0.2) is 17.0 Å². The minimum atomic E-state index is -0.817. The summed E-state index contributed by atoms with van der Waals surface area (Å²) in [6.07, 6.45) is 0.387. The Morgan fingerprint density at radius 3 is 2.76 bits per heavy atom. The summed E-state index contributed by atoms with van der Waals surface area (Å²) in [5, 5.41) is 0.131. The first-order valence-electron chi connectivity index (χ1n) is 6.05. The average Bonchev–Trinajstić information content (AvgIpc) is 2.47. The first-order chi connectivity index (χ1) is 10.1. The van der Waals surface area contributed by atoms with E-state index in [2.05, 4.69) is 10.5 Å². The topological polar surface area (TPSA) is 60.5 Å². The minimum absolute atomic E-state index is 0.131. The van der Waals surface area contributed by atoms with Gasteiger partial charge in [0.25, 0.3) is 11.8 Å². The van der Waals surface area contributed by atoms with Crippen molar-refractivity contribution in [2.45, 2.75) is 13.0 Å². The molecule has 0 fully saturated rings. The molecule has 0 saturated carbocycles. The van der Waals surface area contributed by atoms with Gasteiger partial charge in [-0.25, -0.2) is 9.37 Å². The molecule has 0 spiro atoms. The highest BCUT2D eigenvalue weighted by Gasteiger charge is 2.16. The highest BCUT2D eigenvalue weighted by molar-refractivity contribution is 6.30. The maximum absolute atomic E-state index is 13.4. The largest absolute Gasteiger partial charge is 0.481 e. The smallest absolute Gasteiger partial charge is 0.293 e. The molecule has 0 aliphatic heterocycles. The van der Waals surface area contributed by atoms with E-state index in [1.165, 1.54) is 13.1 Å². The van der Waals surface area contributed by atoms with Gasteiger partial charge >= 0.3 is 0 Å². The molecule has 5 nitrogen and oxygen atoms in total. The predicted molar refractivity (Wildman–Crippen MR) is 74.5 cm³/mol. The summed E-state index contributed by atoms with van der Waals surface area (Å²) < 4.78 is 18.8. The molecule has 1 N–H and O–H groups in total. The van der Waals surface area contributed by atoms with Crippen LogP contribution >= 0.6 is 11.6 Å². The fourth-order valence-electron chi connectivity index (χ4n) is 1.42. The van der Waals surface area contributed by atoms with E-state index in [0.717, 1.165) is 6.07 Å². The van der Waals surface area contributed by atoms with Gasteiger partial charge in [-0.2, -0.15) is 5.48 Å². The molecular weight excluding hydrogens is 299 g/mol. The van der Waals surface area contributed by atoms with E-state index in [9.17, 15) is 9.18 Å². The Kier molecular flexibility index (Phi) is 4.94. The van der Waals surface area contributed by atoms with Crippen LogP contribution in [0, 0.1) is 5.82 Å². The number of carbonyl (C=O) groups is 1. The van der Waals surface area contributed by atoms with Gasteiger partial charge in [-0.05, 0) is 25.1 Å². The molecule has 2 aromatic rings. The zero-order valence-electron chi connectivity index (χ0n) is 11.0. The molecule has 0 saturated heterocycles. The molecule has 110 valence electrons. The molecule has 0 aliphatic rings. The van der Waals surface area contributed by atoms with Crippen molar-refractivity contribution in [3.05, 3.63) is 53.4 Å². The van der Waals surface area contributed by atoms with Gasteiger partial charge in [0.1, 0.15) is 5.75 Å². The Morgan fingerprint density at radius 1 is 1.38 bits per heavy atom. The van der Waals surface area contributed by atoms with Crippen molar-refractivity contribution < 1.29 is 18.8 Å². The number of halogens is 2. The number of amides is 1. The number of nitrogens with one attached hydrogen (secondary N) is 1. The average molecular weight is 311 g/mol. The lowest BCUT2D eigenvalue weighted by atomic mass is 10.3. The second-order valence-corrected chi connectivity index (χ2v) is 4.52. The minimum Gasteiger partial charge on any atom is -0.481 e. The highest BCUT2D eigenvalue weighted by atomic mass is 35.5. The van der Waals surface area contributed by atoms with Crippen molar-refractivity contribution in [1.82, 2.24) is 10.5 Å². The molecule has 0 aliphatic carbocycles.